The zero-order chi connectivity index (χ0) is 13.8. The van der Waals surface area contributed by atoms with Gasteiger partial charge in [-0.2, -0.15) is 0 Å². The molecule has 0 aliphatic carbocycles. The molecule has 0 aliphatic rings. The van der Waals surface area contributed by atoms with Gasteiger partial charge in [0.25, 0.3) is 0 Å². The van der Waals surface area contributed by atoms with E-state index in [9.17, 15) is 0 Å². The van der Waals surface area contributed by atoms with Gasteiger partial charge in [-0.25, -0.2) is 0 Å². The Morgan fingerprint density at radius 2 is 1.74 bits per heavy atom. The summed E-state index contributed by atoms with van der Waals surface area (Å²) in [5.74, 6) is 0.547. The van der Waals surface area contributed by atoms with Crippen LogP contribution in [0.1, 0.15) is 24.9 Å². The largest absolute Gasteiger partial charge is 0.330 e. The van der Waals surface area contributed by atoms with Gasteiger partial charge in [-0.05, 0) is 49.3 Å². The summed E-state index contributed by atoms with van der Waals surface area (Å²) >= 11 is 0. The van der Waals surface area contributed by atoms with E-state index in [2.05, 4.69) is 68.4 Å². The Morgan fingerprint density at radius 3 is 2.42 bits per heavy atom. The first-order valence-corrected chi connectivity index (χ1v) is 6.99. The predicted octanol–water partition coefficient (Wildman–Crippen LogP) is 3.43. The molecule has 2 heteroatoms. The second-order valence-corrected chi connectivity index (χ2v) is 5.53. The van der Waals surface area contributed by atoms with Crippen molar-refractivity contribution in [3.05, 3.63) is 48.0 Å². The highest BCUT2D eigenvalue weighted by Crippen LogP contribution is 2.33. The lowest BCUT2D eigenvalue weighted by molar-refractivity contribution is 0.218. The van der Waals surface area contributed by atoms with Crippen LogP contribution < -0.4 is 5.73 Å². The summed E-state index contributed by atoms with van der Waals surface area (Å²) in [6.07, 6.45) is 1.05. The molecule has 0 radical (unpaired) electrons. The van der Waals surface area contributed by atoms with Gasteiger partial charge in [-0.3, -0.25) is 0 Å². The molecule has 2 nitrogen and oxygen atoms in total. The second kappa shape index (κ2) is 6.18. The average molecular weight is 256 g/mol. The molecule has 0 heterocycles. The van der Waals surface area contributed by atoms with Crippen LogP contribution in [0, 0.1) is 5.92 Å². The van der Waals surface area contributed by atoms with E-state index in [1.54, 1.807) is 0 Å². The van der Waals surface area contributed by atoms with Gasteiger partial charge in [0.05, 0.1) is 0 Å². The van der Waals surface area contributed by atoms with Crippen LogP contribution in [0.5, 0.6) is 0 Å². The van der Waals surface area contributed by atoms with Gasteiger partial charge >= 0.3 is 0 Å². The lowest BCUT2D eigenvalue weighted by atomic mass is 9.88. The van der Waals surface area contributed by atoms with Gasteiger partial charge in [0.15, 0.2) is 0 Å². The molecule has 2 N–H and O–H groups in total. The van der Waals surface area contributed by atoms with Crippen LogP contribution in [0.4, 0.5) is 0 Å². The summed E-state index contributed by atoms with van der Waals surface area (Å²) in [5, 5.41) is 2.67. The molecule has 2 unspecified atom stereocenters. The maximum atomic E-state index is 5.74. The predicted molar refractivity (Wildman–Crippen MR) is 83.2 cm³/mol. The molecule has 2 aromatic rings. The molecule has 102 valence electrons. The number of benzene rings is 2. The van der Waals surface area contributed by atoms with Gasteiger partial charge in [-0.1, -0.05) is 49.4 Å². The third-order valence-electron chi connectivity index (χ3n) is 3.86. The van der Waals surface area contributed by atoms with Gasteiger partial charge in [-0.15, -0.1) is 0 Å². The van der Waals surface area contributed by atoms with Gasteiger partial charge in [0.1, 0.15) is 0 Å². The smallest absolute Gasteiger partial charge is 0.0374 e. The first-order valence-electron chi connectivity index (χ1n) is 6.99. The molecule has 0 aliphatic heterocycles. The van der Waals surface area contributed by atoms with Crippen molar-refractivity contribution in [2.45, 2.75) is 19.4 Å². The molecule has 0 saturated heterocycles. The van der Waals surface area contributed by atoms with E-state index in [1.165, 1.54) is 16.3 Å². The summed E-state index contributed by atoms with van der Waals surface area (Å²) < 4.78 is 0. The monoisotopic (exact) mass is 256 g/mol. The molecule has 0 saturated carbocycles. The molecule has 2 aromatic carbocycles. The SMILES string of the molecule is CC(CCN)C(c1cccc2ccccc12)N(C)C. The van der Waals surface area contributed by atoms with Crippen molar-refractivity contribution >= 4 is 10.8 Å². The highest BCUT2D eigenvalue weighted by molar-refractivity contribution is 5.86. The fourth-order valence-electron chi connectivity index (χ4n) is 3.02. The van der Waals surface area contributed by atoms with E-state index < -0.39 is 0 Å². The van der Waals surface area contributed by atoms with Crippen LogP contribution >= 0.6 is 0 Å². The highest BCUT2D eigenvalue weighted by Gasteiger charge is 2.22. The second-order valence-electron chi connectivity index (χ2n) is 5.53. The van der Waals surface area contributed by atoms with Crippen molar-refractivity contribution in [1.29, 1.82) is 0 Å². The van der Waals surface area contributed by atoms with Crippen LogP contribution in [0.2, 0.25) is 0 Å². The minimum absolute atomic E-state index is 0.412. The van der Waals surface area contributed by atoms with E-state index in [0.717, 1.165) is 13.0 Å². The van der Waals surface area contributed by atoms with Crippen LogP contribution in [0.25, 0.3) is 10.8 Å². The van der Waals surface area contributed by atoms with Gasteiger partial charge in [0, 0.05) is 6.04 Å². The maximum absolute atomic E-state index is 5.74. The minimum Gasteiger partial charge on any atom is -0.330 e. The summed E-state index contributed by atoms with van der Waals surface area (Å²) in [7, 11) is 4.30. The van der Waals surface area contributed by atoms with Crippen LogP contribution in [0.15, 0.2) is 42.5 Å². The van der Waals surface area contributed by atoms with Crippen molar-refractivity contribution < 1.29 is 0 Å². The van der Waals surface area contributed by atoms with E-state index in [4.69, 9.17) is 5.73 Å². The lowest BCUT2D eigenvalue weighted by Gasteiger charge is -2.31. The van der Waals surface area contributed by atoms with Crippen LogP contribution in [0.3, 0.4) is 0 Å². The zero-order valence-corrected chi connectivity index (χ0v) is 12.1. The topological polar surface area (TPSA) is 29.3 Å². The van der Waals surface area contributed by atoms with Crippen molar-refractivity contribution in [3.8, 4) is 0 Å². The number of rotatable bonds is 5. The van der Waals surface area contributed by atoms with Crippen molar-refractivity contribution in [2.24, 2.45) is 11.7 Å². The third kappa shape index (κ3) is 2.96. The van der Waals surface area contributed by atoms with E-state index in [-0.39, 0.29) is 0 Å². The summed E-state index contributed by atoms with van der Waals surface area (Å²) in [6, 6.07) is 15.6. The van der Waals surface area contributed by atoms with E-state index >= 15 is 0 Å². The number of hydrogen-bond acceptors (Lipinski definition) is 2. The number of nitrogens with zero attached hydrogens (tertiary/aromatic N) is 1. The molecule has 0 fully saturated rings. The standard InChI is InChI=1S/C17H24N2/c1-13(11-12-18)17(19(2)3)16-10-6-8-14-7-4-5-9-15(14)16/h4-10,13,17H,11-12,18H2,1-3H3. The molecule has 19 heavy (non-hydrogen) atoms. The van der Waals surface area contributed by atoms with Crippen molar-refractivity contribution in [1.82, 2.24) is 4.90 Å². The molecular formula is C17H24N2. The first kappa shape index (κ1) is 14.0. The van der Waals surface area contributed by atoms with Crippen LogP contribution in [-0.4, -0.2) is 25.5 Å². The van der Waals surface area contributed by atoms with Crippen molar-refractivity contribution in [2.75, 3.05) is 20.6 Å². The van der Waals surface area contributed by atoms with E-state index in [0.29, 0.717) is 12.0 Å². The maximum Gasteiger partial charge on any atom is 0.0374 e. The van der Waals surface area contributed by atoms with Gasteiger partial charge in [0.2, 0.25) is 0 Å². The Kier molecular flexibility index (Phi) is 4.56. The Hall–Kier alpha value is -1.38. The molecule has 0 amide bonds. The number of fused-ring (bicyclic) bond motifs is 1. The van der Waals surface area contributed by atoms with Gasteiger partial charge < -0.3 is 10.6 Å². The fraction of sp³-hybridized carbons (Fsp3) is 0.412. The summed E-state index contributed by atoms with van der Waals surface area (Å²) in [6.45, 7) is 3.04. The minimum atomic E-state index is 0.412. The number of nitrogens with two attached hydrogens (primary N) is 1. The van der Waals surface area contributed by atoms with E-state index in [1.807, 2.05) is 0 Å². The molecule has 2 rings (SSSR count). The van der Waals surface area contributed by atoms with Crippen molar-refractivity contribution in [3.63, 3.8) is 0 Å². The highest BCUT2D eigenvalue weighted by atomic mass is 15.1. The first-order chi connectivity index (χ1) is 9.15. The van der Waals surface area contributed by atoms with Crippen LogP contribution in [-0.2, 0) is 0 Å². The molecule has 0 bridgehead atoms. The third-order valence-corrected chi connectivity index (χ3v) is 3.86. The Balaban J connectivity index is 2.50. The summed E-state index contributed by atoms with van der Waals surface area (Å²) in [5.41, 5.74) is 7.15. The lowest BCUT2D eigenvalue weighted by Crippen LogP contribution is -2.27. The Labute approximate surface area is 116 Å². The number of hydrogen-bond donors (Lipinski definition) is 1. The zero-order valence-electron chi connectivity index (χ0n) is 12.1. The Morgan fingerprint density at radius 1 is 1.05 bits per heavy atom. The molecule has 2 atom stereocenters. The fourth-order valence-corrected chi connectivity index (χ4v) is 3.02. The molecular weight excluding hydrogens is 232 g/mol. The Bertz CT molecular complexity index is 528. The molecule has 0 spiro atoms. The average Bonchev–Trinajstić information content (AvgIpc) is 2.39. The summed E-state index contributed by atoms with van der Waals surface area (Å²) in [4.78, 5) is 2.31. The normalized spacial score (nSPS) is 14.8. The molecule has 0 aromatic heterocycles. The quantitative estimate of drug-likeness (QED) is 0.888.